The van der Waals surface area contributed by atoms with Gasteiger partial charge in [-0.05, 0) is 23.1 Å². The Morgan fingerprint density at radius 1 is 1.50 bits per heavy atom. The predicted octanol–water partition coefficient (Wildman–Crippen LogP) is 2.18. The average Bonchev–Trinajstić information content (AvgIpc) is 3.16. The zero-order valence-electron chi connectivity index (χ0n) is 13.3. The van der Waals surface area contributed by atoms with E-state index in [9.17, 15) is 9.90 Å². The molecule has 1 aliphatic heterocycles. The number of nitrogens with zero attached hydrogens (tertiary/aromatic N) is 2. The molecule has 2 atom stereocenters. The van der Waals surface area contributed by atoms with Crippen LogP contribution in [0.3, 0.4) is 0 Å². The maximum absolute atomic E-state index is 12.5. The number of ether oxygens (including phenoxy) is 1. The van der Waals surface area contributed by atoms with E-state index < -0.39 is 6.10 Å². The van der Waals surface area contributed by atoms with Gasteiger partial charge in [0.25, 0.3) is 0 Å². The molecular formula is C17H21N3O3S. The van der Waals surface area contributed by atoms with E-state index in [1.165, 1.54) is 11.3 Å². The first kappa shape index (κ1) is 16.9. The van der Waals surface area contributed by atoms with Crippen molar-refractivity contribution in [3.63, 3.8) is 0 Å². The number of urea groups is 1. The van der Waals surface area contributed by atoms with E-state index >= 15 is 0 Å². The van der Waals surface area contributed by atoms with Gasteiger partial charge in [0.1, 0.15) is 0 Å². The fourth-order valence-electron chi connectivity index (χ4n) is 2.75. The Morgan fingerprint density at radius 2 is 2.42 bits per heavy atom. The summed E-state index contributed by atoms with van der Waals surface area (Å²) in [5.41, 5.74) is 0.953. The second-order valence-electron chi connectivity index (χ2n) is 5.71. The summed E-state index contributed by atoms with van der Waals surface area (Å²) in [5, 5.41) is 15.2. The van der Waals surface area contributed by atoms with E-state index in [1.807, 2.05) is 29.6 Å². The van der Waals surface area contributed by atoms with Gasteiger partial charge in [-0.1, -0.05) is 12.1 Å². The summed E-state index contributed by atoms with van der Waals surface area (Å²) >= 11 is 1.52. The molecule has 1 saturated heterocycles. The number of pyridine rings is 1. The van der Waals surface area contributed by atoms with Crippen molar-refractivity contribution in [1.29, 1.82) is 0 Å². The monoisotopic (exact) mass is 347 g/mol. The SMILES string of the molecule is O=C(NCc1cccnc1)N1CCOC[C@@H]1C[C@H](O)c1cccs1. The van der Waals surface area contributed by atoms with Gasteiger partial charge in [0.05, 0.1) is 25.4 Å². The maximum Gasteiger partial charge on any atom is 0.318 e. The van der Waals surface area contributed by atoms with Crippen LogP contribution in [0.4, 0.5) is 4.79 Å². The number of carbonyl (C=O) groups excluding carboxylic acids is 1. The van der Waals surface area contributed by atoms with Crippen molar-refractivity contribution in [3.05, 3.63) is 52.5 Å². The van der Waals surface area contributed by atoms with Gasteiger partial charge in [-0.25, -0.2) is 4.79 Å². The molecule has 7 heteroatoms. The minimum absolute atomic E-state index is 0.134. The van der Waals surface area contributed by atoms with Crippen LogP contribution in [0.1, 0.15) is 23.0 Å². The van der Waals surface area contributed by atoms with Crippen molar-refractivity contribution in [3.8, 4) is 0 Å². The summed E-state index contributed by atoms with van der Waals surface area (Å²) in [7, 11) is 0. The maximum atomic E-state index is 12.5. The first-order valence-electron chi connectivity index (χ1n) is 7.96. The molecule has 3 rings (SSSR count). The Labute approximate surface area is 145 Å². The second-order valence-corrected chi connectivity index (χ2v) is 6.69. The third kappa shape index (κ3) is 4.31. The van der Waals surface area contributed by atoms with Gasteiger partial charge < -0.3 is 20.1 Å². The molecule has 0 radical (unpaired) electrons. The highest BCUT2D eigenvalue weighted by Gasteiger charge is 2.29. The zero-order valence-corrected chi connectivity index (χ0v) is 14.1. The molecule has 0 spiro atoms. The number of morpholine rings is 1. The van der Waals surface area contributed by atoms with Gasteiger partial charge in [0, 0.05) is 36.8 Å². The van der Waals surface area contributed by atoms with Crippen LogP contribution in [-0.4, -0.2) is 46.8 Å². The highest BCUT2D eigenvalue weighted by molar-refractivity contribution is 7.10. The lowest BCUT2D eigenvalue weighted by Gasteiger charge is -2.36. The smallest absolute Gasteiger partial charge is 0.318 e. The van der Waals surface area contributed by atoms with Gasteiger partial charge >= 0.3 is 6.03 Å². The van der Waals surface area contributed by atoms with Crippen molar-refractivity contribution in [1.82, 2.24) is 15.2 Å². The van der Waals surface area contributed by atoms with E-state index in [2.05, 4.69) is 10.3 Å². The number of rotatable bonds is 5. The van der Waals surface area contributed by atoms with Crippen molar-refractivity contribution >= 4 is 17.4 Å². The standard InChI is InChI=1S/C17H21N3O3S/c21-15(16-4-2-8-24-16)9-14-12-23-7-6-20(14)17(22)19-11-13-3-1-5-18-10-13/h1-5,8,10,14-15,21H,6-7,9,11-12H2,(H,19,22)/t14-,15-/m0/s1. The van der Waals surface area contributed by atoms with Crippen molar-refractivity contribution in [2.24, 2.45) is 0 Å². The molecular weight excluding hydrogens is 326 g/mol. The molecule has 24 heavy (non-hydrogen) atoms. The fourth-order valence-corrected chi connectivity index (χ4v) is 3.48. The molecule has 6 nitrogen and oxygen atoms in total. The zero-order chi connectivity index (χ0) is 16.8. The van der Waals surface area contributed by atoms with Crippen LogP contribution in [0.5, 0.6) is 0 Å². The molecule has 128 valence electrons. The van der Waals surface area contributed by atoms with E-state index in [0.717, 1.165) is 10.4 Å². The quantitative estimate of drug-likeness (QED) is 0.869. The van der Waals surface area contributed by atoms with Crippen LogP contribution >= 0.6 is 11.3 Å². The van der Waals surface area contributed by atoms with Gasteiger partial charge in [-0.15, -0.1) is 11.3 Å². The minimum Gasteiger partial charge on any atom is -0.387 e. The predicted molar refractivity (Wildman–Crippen MR) is 91.7 cm³/mol. The molecule has 0 saturated carbocycles. The molecule has 2 N–H and O–H groups in total. The van der Waals surface area contributed by atoms with E-state index in [1.54, 1.807) is 17.3 Å². The summed E-state index contributed by atoms with van der Waals surface area (Å²) in [6.45, 7) is 1.93. The summed E-state index contributed by atoms with van der Waals surface area (Å²) < 4.78 is 5.50. The molecule has 2 aromatic rings. The normalized spacial score (nSPS) is 19.0. The Balaban J connectivity index is 1.58. The largest absolute Gasteiger partial charge is 0.387 e. The van der Waals surface area contributed by atoms with E-state index in [-0.39, 0.29) is 12.1 Å². The molecule has 2 aromatic heterocycles. The van der Waals surface area contributed by atoms with Crippen LogP contribution in [0, 0.1) is 0 Å². The van der Waals surface area contributed by atoms with Crippen molar-refractivity contribution in [2.75, 3.05) is 19.8 Å². The molecule has 2 amide bonds. The highest BCUT2D eigenvalue weighted by atomic mass is 32.1. The second kappa shape index (κ2) is 8.23. The van der Waals surface area contributed by atoms with E-state index in [0.29, 0.717) is 32.7 Å². The van der Waals surface area contributed by atoms with E-state index in [4.69, 9.17) is 4.74 Å². The van der Waals surface area contributed by atoms with Gasteiger partial charge in [-0.2, -0.15) is 0 Å². The third-order valence-electron chi connectivity index (χ3n) is 4.02. The number of aliphatic hydroxyl groups is 1. The molecule has 1 aliphatic rings. The van der Waals surface area contributed by atoms with Crippen LogP contribution < -0.4 is 5.32 Å². The minimum atomic E-state index is -0.578. The van der Waals surface area contributed by atoms with Crippen LogP contribution in [0.25, 0.3) is 0 Å². The molecule has 0 bridgehead atoms. The summed E-state index contributed by atoms with van der Waals surface area (Å²) in [6, 6.07) is 7.32. The number of amides is 2. The molecule has 1 fully saturated rings. The highest BCUT2D eigenvalue weighted by Crippen LogP contribution is 2.25. The summed E-state index contributed by atoms with van der Waals surface area (Å²) in [4.78, 5) is 19.2. The lowest BCUT2D eigenvalue weighted by atomic mass is 10.1. The van der Waals surface area contributed by atoms with Gasteiger partial charge in [0.15, 0.2) is 0 Å². The first-order valence-corrected chi connectivity index (χ1v) is 8.84. The Hall–Kier alpha value is -1.96. The van der Waals surface area contributed by atoms with Crippen LogP contribution in [-0.2, 0) is 11.3 Å². The number of aliphatic hydroxyl groups excluding tert-OH is 1. The number of hydrogen-bond acceptors (Lipinski definition) is 5. The summed E-state index contributed by atoms with van der Waals surface area (Å²) in [5.74, 6) is 0. The van der Waals surface area contributed by atoms with Crippen molar-refractivity contribution < 1.29 is 14.6 Å². The molecule has 3 heterocycles. The first-order chi connectivity index (χ1) is 11.7. The number of aromatic nitrogens is 1. The molecule has 0 unspecified atom stereocenters. The number of thiophene rings is 1. The fraction of sp³-hybridized carbons (Fsp3) is 0.412. The number of carbonyl (C=O) groups is 1. The van der Waals surface area contributed by atoms with Crippen LogP contribution in [0.15, 0.2) is 42.0 Å². The van der Waals surface area contributed by atoms with Gasteiger partial charge in [-0.3, -0.25) is 4.98 Å². The average molecular weight is 347 g/mol. The topological polar surface area (TPSA) is 74.7 Å². The number of nitrogens with one attached hydrogen (secondary N) is 1. The Bertz CT molecular complexity index is 636. The lowest BCUT2D eigenvalue weighted by molar-refractivity contribution is -0.00654. The van der Waals surface area contributed by atoms with Crippen LogP contribution in [0.2, 0.25) is 0 Å². The number of hydrogen-bond donors (Lipinski definition) is 2. The van der Waals surface area contributed by atoms with Crippen molar-refractivity contribution in [2.45, 2.75) is 25.1 Å². The third-order valence-corrected chi connectivity index (χ3v) is 5.00. The Morgan fingerprint density at radius 3 is 3.17 bits per heavy atom. The molecule has 0 aliphatic carbocycles. The van der Waals surface area contributed by atoms with Gasteiger partial charge in [0.2, 0.25) is 0 Å². The Kier molecular flexibility index (Phi) is 5.79. The molecule has 0 aromatic carbocycles. The summed E-state index contributed by atoms with van der Waals surface area (Å²) in [6.07, 6.45) is 3.33. The lowest BCUT2D eigenvalue weighted by Crippen LogP contribution is -2.52.